The Labute approximate surface area is 136 Å². The molecule has 0 aromatic rings. The second kappa shape index (κ2) is 7.31. The molecule has 2 rings (SSSR count). The molecule has 0 bridgehead atoms. The fourth-order valence-corrected chi connectivity index (χ4v) is 3.62. The largest absolute Gasteiger partial charge is 0.381 e. The number of piperidine rings is 1. The summed E-state index contributed by atoms with van der Waals surface area (Å²) in [6, 6.07) is 0. The first kappa shape index (κ1) is 17.7. The van der Waals surface area contributed by atoms with E-state index in [1.54, 1.807) is 0 Å². The van der Waals surface area contributed by atoms with Crippen LogP contribution in [0.4, 0.5) is 0 Å². The van der Waals surface area contributed by atoms with E-state index >= 15 is 0 Å². The third-order valence-electron chi connectivity index (χ3n) is 5.78. The van der Waals surface area contributed by atoms with Gasteiger partial charge in [-0.2, -0.15) is 0 Å². The lowest BCUT2D eigenvalue weighted by Gasteiger charge is -2.44. The number of likely N-dealkylation sites (tertiary alicyclic amines) is 1. The molecule has 0 unspecified atom stereocenters. The molecule has 22 heavy (non-hydrogen) atoms. The quantitative estimate of drug-likeness (QED) is 0.849. The summed E-state index contributed by atoms with van der Waals surface area (Å²) >= 11 is 0. The minimum absolute atomic E-state index is 0.0328. The van der Waals surface area contributed by atoms with Gasteiger partial charge in [0.2, 0.25) is 5.91 Å². The molecule has 0 radical (unpaired) electrons. The molecule has 0 aromatic carbocycles. The van der Waals surface area contributed by atoms with Crippen molar-refractivity contribution in [1.82, 2.24) is 10.2 Å². The smallest absolute Gasteiger partial charge is 0.226 e. The number of nitrogens with zero attached hydrogens (tertiary/aromatic N) is 1. The standard InChI is InChI=1S/C18H34N2O2/c1-5-15-7-6-10-20(13-15)17(2,3)14-19-16(21)18(4)8-11-22-12-9-18/h15H,5-14H2,1-4H3,(H,19,21)/t15-/m0/s1. The molecule has 2 aliphatic heterocycles. The molecule has 2 saturated heterocycles. The van der Waals surface area contributed by atoms with Crippen molar-refractivity contribution < 1.29 is 9.53 Å². The Kier molecular flexibility index (Phi) is 5.89. The van der Waals surface area contributed by atoms with E-state index in [4.69, 9.17) is 4.74 Å². The maximum absolute atomic E-state index is 12.6. The molecule has 1 atom stereocenters. The van der Waals surface area contributed by atoms with Gasteiger partial charge in [-0.1, -0.05) is 20.3 Å². The number of amides is 1. The second-order valence-corrected chi connectivity index (χ2v) is 8.03. The highest BCUT2D eigenvalue weighted by molar-refractivity contribution is 5.82. The molecule has 2 fully saturated rings. The average Bonchev–Trinajstić information content (AvgIpc) is 2.53. The fourth-order valence-electron chi connectivity index (χ4n) is 3.62. The number of hydrogen-bond acceptors (Lipinski definition) is 3. The second-order valence-electron chi connectivity index (χ2n) is 8.03. The zero-order chi connectivity index (χ0) is 16.2. The molecule has 1 amide bonds. The van der Waals surface area contributed by atoms with E-state index in [-0.39, 0.29) is 16.9 Å². The lowest BCUT2D eigenvalue weighted by atomic mass is 9.81. The maximum Gasteiger partial charge on any atom is 0.226 e. The lowest BCUT2D eigenvalue weighted by molar-refractivity contribution is -0.135. The Bertz CT molecular complexity index is 375. The molecule has 0 aromatic heterocycles. The van der Waals surface area contributed by atoms with Crippen LogP contribution in [0.1, 0.15) is 59.8 Å². The van der Waals surface area contributed by atoms with Crippen molar-refractivity contribution in [2.24, 2.45) is 11.3 Å². The molecule has 2 aliphatic rings. The zero-order valence-corrected chi connectivity index (χ0v) is 14.9. The van der Waals surface area contributed by atoms with Crippen LogP contribution < -0.4 is 5.32 Å². The molecule has 1 N–H and O–H groups in total. The van der Waals surface area contributed by atoms with E-state index in [1.807, 2.05) is 0 Å². The maximum atomic E-state index is 12.6. The normalized spacial score (nSPS) is 26.6. The van der Waals surface area contributed by atoms with Crippen molar-refractivity contribution in [3.8, 4) is 0 Å². The molecule has 0 saturated carbocycles. The van der Waals surface area contributed by atoms with Crippen LogP contribution in [0.15, 0.2) is 0 Å². The highest BCUT2D eigenvalue weighted by Gasteiger charge is 2.37. The number of hydrogen-bond donors (Lipinski definition) is 1. The van der Waals surface area contributed by atoms with Gasteiger partial charge in [-0.05, 0) is 52.0 Å². The summed E-state index contributed by atoms with van der Waals surface area (Å²) in [6.45, 7) is 13.4. The molecule has 128 valence electrons. The summed E-state index contributed by atoms with van der Waals surface area (Å²) in [7, 11) is 0. The SMILES string of the molecule is CC[C@H]1CCCN(C(C)(C)CNC(=O)C2(C)CCOCC2)C1. The topological polar surface area (TPSA) is 41.6 Å². The van der Waals surface area contributed by atoms with Crippen LogP contribution in [0.3, 0.4) is 0 Å². The zero-order valence-electron chi connectivity index (χ0n) is 14.9. The molecular formula is C18H34N2O2. The summed E-state index contributed by atoms with van der Waals surface area (Å²) in [4.78, 5) is 15.2. The van der Waals surface area contributed by atoms with Crippen molar-refractivity contribution in [2.45, 2.75) is 65.3 Å². The molecule has 4 nitrogen and oxygen atoms in total. The van der Waals surface area contributed by atoms with Crippen molar-refractivity contribution in [3.63, 3.8) is 0 Å². The predicted octanol–water partition coefficient (Wildman–Crippen LogP) is 2.82. The monoisotopic (exact) mass is 310 g/mol. The number of carbonyl (C=O) groups excluding carboxylic acids is 1. The third-order valence-corrected chi connectivity index (χ3v) is 5.78. The van der Waals surface area contributed by atoms with Crippen molar-refractivity contribution in [3.05, 3.63) is 0 Å². The predicted molar refractivity (Wildman–Crippen MR) is 89.8 cm³/mol. The summed E-state index contributed by atoms with van der Waals surface area (Å²) in [5.74, 6) is 1.02. The van der Waals surface area contributed by atoms with Crippen molar-refractivity contribution in [2.75, 3.05) is 32.8 Å². The van der Waals surface area contributed by atoms with Gasteiger partial charge in [-0.25, -0.2) is 0 Å². The van der Waals surface area contributed by atoms with Gasteiger partial charge in [0.15, 0.2) is 0 Å². The van der Waals surface area contributed by atoms with Crippen LogP contribution in [0, 0.1) is 11.3 Å². The molecule has 0 aliphatic carbocycles. The van der Waals surface area contributed by atoms with Gasteiger partial charge < -0.3 is 10.1 Å². The first-order valence-electron chi connectivity index (χ1n) is 8.98. The Morgan fingerprint density at radius 3 is 2.68 bits per heavy atom. The summed E-state index contributed by atoms with van der Waals surface area (Å²) < 4.78 is 5.39. The fraction of sp³-hybridized carbons (Fsp3) is 0.944. The first-order valence-corrected chi connectivity index (χ1v) is 8.98. The van der Waals surface area contributed by atoms with Gasteiger partial charge in [0.05, 0.1) is 5.41 Å². The van der Waals surface area contributed by atoms with Gasteiger partial charge in [0, 0.05) is 31.8 Å². The molecule has 2 heterocycles. The third kappa shape index (κ3) is 4.23. The van der Waals surface area contributed by atoms with Crippen LogP contribution in [-0.2, 0) is 9.53 Å². The van der Waals surface area contributed by atoms with E-state index in [0.717, 1.165) is 31.8 Å². The Hall–Kier alpha value is -0.610. The first-order chi connectivity index (χ1) is 10.4. The van der Waals surface area contributed by atoms with Gasteiger partial charge >= 0.3 is 0 Å². The summed E-state index contributed by atoms with van der Waals surface area (Å²) in [6.07, 6.45) is 5.57. The Morgan fingerprint density at radius 1 is 1.36 bits per heavy atom. The highest BCUT2D eigenvalue weighted by Crippen LogP contribution is 2.30. The van der Waals surface area contributed by atoms with E-state index < -0.39 is 0 Å². The van der Waals surface area contributed by atoms with Gasteiger partial charge in [-0.3, -0.25) is 9.69 Å². The van der Waals surface area contributed by atoms with E-state index in [9.17, 15) is 4.79 Å². The summed E-state index contributed by atoms with van der Waals surface area (Å²) in [5, 5.41) is 3.23. The van der Waals surface area contributed by atoms with Crippen LogP contribution >= 0.6 is 0 Å². The van der Waals surface area contributed by atoms with Gasteiger partial charge in [-0.15, -0.1) is 0 Å². The van der Waals surface area contributed by atoms with Crippen LogP contribution in [0.2, 0.25) is 0 Å². The van der Waals surface area contributed by atoms with Crippen LogP contribution in [-0.4, -0.2) is 49.2 Å². The highest BCUT2D eigenvalue weighted by atomic mass is 16.5. The van der Waals surface area contributed by atoms with E-state index in [0.29, 0.717) is 13.2 Å². The minimum Gasteiger partial charge on any atom is -0.381 e. The Balaban J connectivity index is 1.87. The molecule has 0 spiro atoms. The molecular weight excluding hydrogens is 276 g/mol. The number of ether oxygens (including phenoxy) is 1. The summed E-state index contributed by atoms with van der Waals surface area (Å²) in [5.41, 5.74) is -0.215. The average molecular weight is 310 g/mol. The number of nitrogens with one attached hydrogen (secondary N) is 1. The lowest BCUT2D eigenvalue weighted by Crippen LogP contribution is -2.56. The van der Waals surface area contributed by atoms with Gasteiger partial charge in [0.1, 0.15) is 0 Å². The van der Waals surface area contributed by atoms with E-state index in [2.05, 4.69) is 37.9 Å². The van der Waals surface area contributed by atoms with Crippen LogP contribution in [0.5, 0.6) is 0 Å². The minimum atomic E-state index is -0.248. The van der Waals surface area contributed by atoms with Crippen molar-refractivity contribution >= 4 is 5.91 Å². The number of rotatable bonds is 5. The van der Waals surface area contributed by atoms with E-state index in [1.165, 1.54) is 25.8 Å². The number of carbonyl (C=O) groups is 1. The Morgan fingerprint density at radius 2 is 2.05 bits per heavy atom. The van der Waals surface area contributed by atoms with Crippen molar-refractivity contribution in [1.29, 1.82) is 0 Å². The van der Waals surface area contributed by atoms with Gasteiger partial charge in [0.25, 0.3) is 0 Å². The molecule has 4 heteroatoms. The van der Waals surface area contributed by atoms with Crippen LogP contribution in [0.25, 0.3) is 0 Å².